The second-order valence-electron chi connectivity index (χ2n) is 8.08. The fourth-order valence-electron chi connectivity index (χ4n) is 4.33. The highest BCUT2D eigenvalue weighted by atomic mass is 35.5. The van der Waals surface area contributed by atoms with E-state index < -0.39 is 0 Å². The molecule has 1 atom stereocenters. The fourth-order valence-corrected chi connectivity index (χ4v) is 4.83. The number of hydrogen-bond acceptors (Lipinski definition) is 4. The van der Waals surface area contributed by atoms with Gasteiger partial charge in [0.25, 0.3) is 0 Å². The van der Waals surface area contributed by atoms with Crippen molar-refractivity contribution in [3.05, 3.63) is 93.1 Å². The normalized spacial score (nSPS) is 15.5. The Labute approximate surface area is 215 Å². The van der Waals surface area contributed by atoms with Gasteiger partial charge in [0.15, 0.2) is 0 Å². The number of pyridine rings is 1. The van der Waals surface area contributed by atoms with Crippen LogP contribution in [0.2, 0.25) is 15.1 Å². The maximum absolute atomic E-state index is 13.7. The number of amides is 1. The van der Waals surface area contributed by atoms with Gasteiger partial charge in [-0.05, 0) is 48.9 Å². The zero-order chi connectivity index (χ0) is 24.7. The standard InChI is InChI=1S/C25H19Cl3N4O3/c1-2-24(33)30-10-8-16(14-30)32-21-7-9-29-13-22(21)31(25(32)34)15-3-6-23(20(28)11-15)35-17-4-5-18(26)19(27)12-17/h2-7,9,11-13,16H,1,8,10,14H2/t16-/m1/s1. The van der Waals surface area contributed by atoms with Gasteiger partial charge in [0, 0.05) is 25.4 Å². The lowest BCUT2D eigenvalue weighted by Gasteiger charge is -2.15. The SMILES string of the molecule is C=CC(=O)N1CC[C@@H](n2c(=O)n(-c3ccc(Oc4ccc(Cl)c(Cl)c4)c(Cl)c3)c3cnccc32)C1. The Bertz CT molecular complexity index is 1530. The molecule has 7 nitrogen and oxygen atoms in total. The number of halogens is 3. The van der Waals surface area contributed by atoms with Crippen molar-refractivity contribution < 1.29 is 9.53 Å². The summed E-state index contributed by atoms with van der Waals surface area (Å²) in [6, 6.07) is 11.7. The summed E-state index contributed by atoms with van der Waals surface area (Å²) >= 11 is 18.6. The molecule has 1 aliphatic heterocycles. The largest absolute Gasteiger partial charge is 0.456 e. The van der Waals surface area contributed by atoms with Crippen LogP contribution in [-0.4, -0.2) is 38.0 Å². The quantitative estimate of drug-likeness (QED) is 0.302. The molecule has 1 fully saturated rings. The highest BCUT2D eigenvalue weighted by Crippen LogP contribution is 2.34. The van der Waals surface area contributed by atoms with Crippen molar-refractivity contribution in [1.29, 1.82) is 0 Å². The van der Waals surface area contributed by atoms with Gasteiger partial charge in [-0.1, -0.05) is 41.4 Å². The van der Waals surface area contributed by atoms with Crippen molar-refractivity contribution in [2.45, 2.75) is 12.5 Å². The topological polar surface area (TPSA) is 69.4 Å². The summed E-state index contributed by atoms with van der Waals surface area (Å²) in [6.07, 6.45) is 5.24. The monoisotopic (exact) mass is 528 g/mol. The zero-order valence-corrected chi connectivity index (χ0v) is 20.6. The summed E-state index contributed by atoms with van der Waals surface area (Å²) in [5.74, 6) is 0.736. The second kappa shape index (κ2) is 9.41. The second-order valence-corrected chi connectivity index (χ2v) is 9.30. The molecule has 5 rings (SSSR count). The summed E-state index contributed by atoms with van der Waals surface area (Å²) < 4.78 is 9.15. The van der Waals surface area contributed by atoms with E-state index in [4.69, 9.17) is 39.5 Å². The van der Waals surface area contributed by atoms with E-state index in [9.17, 15) is 9.59 Å². The molecule has 0 spiro atoms. The molecule has 0 bridgehead atoms. The number of nitrogens with zero attached hydrogens (tertiary/aromatic N) is 4. The average molecular weight is 530 g/mol. The maximum Gasteiger partial charge on any atom is 0.334 e. The predicted octanol–water partition coefficient (Wildman–Crippen LogP) is 5.90. The molecule has 0 N–H and O–H groups in total. The summed E-state index contributed by atoms with van der Waals surface area (Å²) in [4.78, 5) is 31.6. The molecule has 1 aliphatic rings. The molecule has 2 aromatic carbocycles. The number of benzene rings is 2. The van der Waals surface area contributed by atoms with E-state index in [0.29, 0.717) is 57.3 Å². The summed E-state index contributed by atoms with van der Waals surface area (Å²) in [6.45, 7) is 4.55. The lowest BCUT2D eigenvalue weighted by molar-refractivity contribution is -0.125. The van der Waals surface area contributed by atoms with Crippen LogP contribution in [0.3, 0.4) is 0 Å². The molecule has 1 amide bonds. The third kappa shape index (κ3) is 4.31. The Morgan fingerprint density at radius 3 is 2.63 bits per heavy atom. The highest BCUT2D eigenvalue weighted by Gasteiger charge is 2.30. The average Bonchev–Trinajstić information content (AvgIpc) is 3.44. The zero-order valence-electron chi connectivity index (χ0n) is 18.3. The number of carbonyl (C=O) groups is 1. The first-order valence-electron chi connectivity index (χ1n) is 10.8. The number of carbonyl (C=O) groups excluding carboxylic acids is 1. The van der Waals surface area contributed by atoms with Crippen molar-refractivity contribution >= 4 is 51.7 Å². The van der Waals surface area contributed by atoms with Crippen LogP contribution in [0.5, 0.6) is 11.5 Å². The van der Waals surface area contributed by atoms with Crippen LogP contribution >= 0.6 is 34.8 Å². The molecule has 3 heterocycles. The molecule has 35 heavy (non-hydrogen) atoms. The molecule has 0 radical (unpaired) electrons. The van der Waals surface area contributed by atoms with E-state index in [1.165, 1.54) is 6.08 Å². The van der Waals surface area contributed by atoms with E-state index in [2.05, 4.69) is 11.6 Å². The number of aromatic nitrogens is 3. The van der Waals surface area contributed by atoms with Gasteiger partial charge in [0.05, 0.1) is 44.0 Å². The predicted molar refractivity (Wildman–Crippen MR) is 137 cm³/mol. The van der Waals surface area contributed by atoms with Crippen LogP contribution in [0.25, 0.3) is 16.7 Å². The molecule has 2 aromatic heterocycles. The van der Waals surface area contributed by atoms with E-state index in [-0.39, 0.29) is 17.6 Å². The lowest BCUT2D eigenvalue weighted by atomic mass is 10.2. The van der Waals surface area contributed by atoms with Crippen LogP contribution < -0.4 is 10.4 Å². The van der Waals surface area contributed by atoms with Gasteiger partial charge >= 0.3 is 5.69 Å². The summed E-state index contributed by atoms with van der Waals surface area (Å²) in [7, 11) is 0. The smallest absolute Gasteiger partial charge is 0.334 e. The van der Waals surface area contributed by atoms with Gasteiger partial charge < -0.3 is 9.64 Å². The minimum atomic E-state index is -0.236. The Morgan fingerprint density at radius 1 is 1.06 bits per heavy atom. The number of fused-ring (bicyclic) bond motifs is 1. The summed E-state index contributed by atoms with van der Waals surface area (Å²) in [5.41, 5.74) is 1.70. The molecule has 10 heteroatoms. The number of likely N-dealkylation sites (tertiary alicyclic amines) is 1. The van der Waals surface area contributed by atoms with Gasteiger partial charge in [-0.25, -0.2) is 4.79 Å². The first kappa shape index (κ1) is 23.5. The number of hydrogen-bond donors (Lipinski definition) is 0. The van der Waals surface area contributed by atoms with Crippen LogP contribution in [0, 0.1) is 0 Å². The third-order valence-electron chi connectivity index (χ3n) is 5.98. The summed E-state index contributed by atoms with van der Waals surface area (Å²) in [5, 5.41) is 1.10. The fraction of sp³-hybridized carbons (Fsp3) is 0.160. The van der Waals surface area contributed by atoms with Crippen molar-refractivity contribution in [3.8, 4) is 17.2 Å². The minimum Gasteiger partial charge on any atom is -0.456 e. The van der Waals surface area contributed by atoms with Gasteiger partial charge in [0.1, 0.15) is 11.5 Å². The Hall–Kier alpha value is -3.26. The van der Waals surface area contributed by atoms with Gasteiger partial charge in [0.2, 0.25) is 5.91 Å². The van der Waals surface area contributed by atoms with Gasteiger partial charge in [-0.2, -0.15) is 0 Å². The van der Waals surface area contributed by atoms with Crippen molar-refractivity contribution in [2.24, 2.45) is 0 Å². The Balaban J connectivity index is 1.53. The van der Waals surface area contributed by atoms with Crippen molar-refractivity contribution in [2.75, 3.05) is 13.1 Å². The van der Waals surface area contributed by atoms with Crippen LogP contribution in [-0.2, 0) is 4.79 Å². The first-order valence-corrected chi connectivity index (χ1v) is 11.9. The number of imidazole rings is 1. The van der Waals surface area contributed by atoms with Crippen molar-refractivity contribution in [3.63, 3.8) is 0 Å². The van der Waals surface area contributed by atoms with Crippen LogP contribution in [0.15, 0.2) is 72.3 Å². The molecule has 0 unspecified atom stereocenters. The molecular weight excluding hydrogens is 511 g/mol. The Kier molecular flexibility index (Phi) is 6.32. The van der Waals surface area contributed by atoms with E-state index >= 15 is 0 Å². The minimum absolute atomic E-state index is 0.143. The van der Waals surface area contributed by atoms with Crippen molar-refractivity contribution in [1.82, 2.24) is 19.0 Å². The molecular formula is C25H19Cl3N4O3. The molecule has 178 valence electrons. The third-order valence-corrected chi connectivity index (χ3v) is 7.02. The van der Waals surface area contributed by atoms with Crippen LogP contribution in [0.1, 0.15) is 12.5 Å². The molecule has 0 aliphatic carbocycles. The van der Waals surface area contributed by atoms with Crippen LogP contribution in [0.4, 0.5) is 0 Å². The van der Waals surface area contributed by atoms with Gasteiger partial charge in [-0.15, -0.1) is 0 Å². The van der Waals surface area contributed by atoms with E-state index in [1.807, 2.05) is 0 Å². The number of ether oxygens (including phenoxy) is 1. The highest BCUT2D eigenvalue weighted by molar-refractivity contribution is 6.42. The van der Waals surface area contributed by atoms with E-state index in [1.54, 1.807) is 68.9 Å². The first-order chi connectivity index (χ1) is 16.9. The molecule has 1 saturated heterocycles. The lowest BCUT2D eigenvalue weighted by Crippen LogP contribution is -2.31. The van der Waals surface area contributed by atoms with Gasteiger partial charge in [-0.3, -0.25) is 18.9 Å². The van der Waals surface area contributed by atoms with E-state index in [0.717, 1.165) is 5.52 Å². The molecule has 0 saturated carbocycles. The molecule has 4 aromatic rings. The maximum atomic E-state index is 13.7. The number of rotatable bonds is 5. The Morgan fingerprint density at radius 2 is 1.89 bits per heavy atom.